The fraction of sp³-hybridized carbons (Fsp3) is 0. The van der Waals surface area contributed by atoms with Crippen LogP contribution in [0.1, 0.15) is 0 Å². The van der Waals surface area contributed by atoms with Crippen molar-refractivity contribution in [1.29, 1.82) is 0 Å². The molecule has 0 unspecified atom stereocenters. The third-order valence-electron chi connectivity index (χ3n) is 0.599. The van der Waals surface area contributed by atoms with Gasteiger partial charge in [0.2, 0.25) is 6.41 Å². The van der Waals surface area contributed by atoms with E-state index in [2.05, 4.69) is 21.7 Å². The van der Waals surface area contributed by atoms with E-state index in [1.807, 2.05) is 0 Å². The Morgan fingerprint density at radius 3 is 1.82 bits per heavy atom. The molecule has 11 heavy (non-hydrogen) atoms. The maximum atomic E-state index is 9.18. The zero-order valence-corrected chi connectivity index (χ0v) is 5.79. The number of nitrogens with two attached hydrogens (primary N) is 2. The maximum absolute atomic E-state index is 9.18. The van der Waals surface area contributed by atoms with Crippen LogP contribution in [0.25, 0.3) is 0 Å². The standard InChI is InChI=1S/C4H4N2.CH5N3O/c1-2-5-4-6-3-1;2-4(3)1-5/h1-4H;1H,2-3H2. The maximum Gasteiger partial charge on any atom is 0.238 e. The summed E-state index contributed by atoms with van der Waals surface area (Å²) in [6, 6.07) is 1.78. The number of rotatable bonds is 1. The Morgan fingerprint density at radius 2 is 1.73 bits per heavy atom. The van der Waals surface area contributed by atoms with Crippen molar-refractivity contribution in [3.63, 3.8) is 0 Å². The number of hydrazine groups is 2. The summed E-state index contributed by atoms with van der Waals surface area (Å²) in [4.78, 5) is 16.5. The van der Waals surface area contributed by atoms with E-state index in [0.29, 0.717) is 11.5 Å². The molecule has 1 heterocycles. The lowest BCUT2D eigenvalue weighted by Crippen LogP contribution is -2.35. The molecule has 1 amide bonds. The molecule has 0 aromatic carbocycles. The van der Waals surface area contributed by atoms with Crippen LogP contribution in [0.4, 0.5) is 0 Å². The van der Waals surface area contributed by atoms with Gasteiger partial charge in [-0.3, -0.25) is 4.79 Å². The number of hydrogen-bond donors (Lipinski definition) is 2. The summed E-state index contributed by atoms with van der Waals surface area (Å²) < 4.78 is 0. The Hall–Kier alpha value is -1.53. The summed E-state index contributed by atoms with van der Waals surface area (Å²) in [5, 5.41) is 0.444. The van der Waals surface area contributed by atoms with Crippen LogP contribution in [0.5, 0.6) is 0 Å². The molecule has 0 bridgehead atoms. The topological polar surface area (TPSA) is 98.1 Å². The Bertz CT molecular complexity index is 151. The van der Waals surface area contributed by atoms with Crippen molar-refractivity contribution >= 4 is 6.41 Å². The van der Waals surface area contributed by atoms with Crippen molar-refractivity contribution in [3.8, 4) is 0 Å². The summed E-state index contributed by atoms with van der Waals surface area (Å²) in [6.07, 6.45) is 5.18. The molecule has 0 saturated carbocycles. The van der Waals surface area contributed by atoms with Gasteiger partial charge in [0, 0.05) is 12.4 Å². The van der Waals surface area contributed by atoms with Crippen LogP contribution in [0.15, 0.2) is 24.8 Å². The van der Waals surface area contributed by atoms with Crippen LogP contribution in [0.3, 0.4) is 0 Å². The molecular formula is C5H9N5O. The number of hydrogen-bond acceptors (Lipinski definition) is 5. The molecule has 0 aliphatic heterocycles. The predicted octanol–water partition coefficient (Wildman–Crippen LogP) is -1.33. The zero-order chi connectivity index (χ0) is 8.53. The van der Waals surface area contributed by atoms with Crippen molar-refractivity contribution in [2.24, 2.45) is 11.7 Å². The Balaban J connectivity index is 0.000000187. The fourth-order valence-corrected chi connectivity index (χ4v) is 0.253. The van der Waals surface area contributed by atoms with E-state index < -0.39 is 0 Å². The van der Waals surface area contributed by atoms with Gasteiger partial charge in [-0.1, -0.05) is 0 Å². The van der Waals surface area contributed by atoms with E-state index >= 15 is 0 Å². The van der Waals surface area contributed by atoms with Crippen molar-refractivity contribution in [2.45, 2.75) is 0 Å². The Labute approximate surface area is 63.8 Å². The zero-order valence-electron chi connectivity index (χ0n) is 5.79. The molecule has 4 N–H and O–H groups in total. The summed E-state index contributed by atoms with van der Waals surface area (Å²) >= 11 is 0. The first-order valence-electron chi connectivity index (χ1n) is 2.71. The molecule has 1 rings (SSSR count). The van der Waals surface area contributed by atoms with Gasteiger partial charge in [0.25, 0.3) is 0 Å². The molecule has 0 aliphatic carbocycles. The molecule has 0 aliphatic rings. The largest absolute Gasteiger partial charge is 0.276 e. The van der Waals surface area contributed by atoms with Gasteiger partial charge in [-0.25, -0.2) is 26.8 Å². The van der Waals surface area contributed by atoms with Crippen LogP contribution in [-0.4, -0.2) is 21.5 Å². The summed E-state index contributed by atoms with van der Waals surface area (Å²) in [5.41, 5.74) is 0. The van der Waals surface area contributed by atoms with Crippen molar-refractivity contribution < 1.29 is 4.79 Å². The lowest BCUT2D eigenvalue weighted by molar-refractivity contribution is -0.118. The monoisotopic (exact) mass is 155 g/mol. The average Bonchev–Trinajstić information content (AvgIpc) is 2.09. The van der Waals surface area contributed by atoms with Gasteiger partial charge in [-0.2, -0.15) is 0 Å². The van der Waals surface area contributed by atoms with E-state index in [1.54, 1.807) is 18.5 Å². The van der Waals surface area contributed by atoms with Crippen molar-refractivity contribution in [1.82, 2.24) is 15.1 Å². The second-order valence-electron chi connectivity index (χ2n) is 1.46. The minimum absolute atomic E-state index is 0.306. The SMILES string of the molecule is NN(N)C=O.c1cncnc1. The van der Waals surface area contributed by atoms with E-state index in [-0.39, 0.29) is 0 Å². The Morgan fingerprint density at radius 1 is 1.27 bits per heavy atom. The van der Waals surface area contributed by atoms with E-state index in [1.165, 1.54) is 6.33 Å². The predicted molar refractivity (Wildman–Crippen MR) is 38.3 cm³/mol. The van der Waals surface area contributed by atoms with Gasteiger partial charge in [-0.15, -0.1) is 0 Å². The normalized spacial score (nSPS) is 7.45. The third kappa shape index (κ3) is 8.47. The van der Waals surface area contributed by atoms with Gasteiger partial charge in [0.15, 0.2) is 0 Å². The highest BCUT2D eigenvalue weighted by atomic mass is 16.2. The molecule has 0 radical (unpaired) electrons. The van der Waals surface area contributed by atoms with Crippen LogP contribution < -0.4 is 11.7 Å². The average molecular weight is 155 g/mol. The highest BCUT2D eigenvalue weighted by Crippen LogP contribution is 1.66. The molecule has 1 aromatic heterocycles. The number of carbonyl (C=O) groups excluding carboxylic acids is 1. The quantitative estimate of drug-likeness (QED) is 0.226. The molecular weight excluding hydrogens is 146 g/mol. The first-order valence-corrected chi connectivity index (χ1v) is 2.71. The molecule has 0 fully saturated rings. The third-order valence-corrected chi connectivity index (χ3v) is 0.599. The fourth-order valence-electron chi connectivity index (χ4n) is 0.253. The van der Waals surface area contributed by atoms with Gasteiger partial charge in [0.1, 0.15) is 6.33 Å². The molecule has 6 nitrogen and oxygen atoms in total. The molecule has 1 aromatic rings. The number of carbonyl (C=O) groups is 1. The minimum atomic E-state index is 0.306. The smallest absolute Gasteiger partial charge is 0.238 e. The van der Waals surface area contributed by atoms with Gasteiger partial charge in [0.05, 0.1) is 0 Å². The number of aromatic nitrogens is 2. The van der Waals surface area contributed by atoms with E-state index in [9.17, 15) is 4.79 Å². The first kappa shape index (κ1) is 9.47. The molecule has 6 heteroatoms. The van der Waals surface area contributed by atoms with Crippen molar-refractivity contribution in [2.75, 3.05) is 0 Å². The lowest BCUT2D eigenvalue weighted by atomic mass is 10.7. The summed E-state index contributed by atoms with van der Waals surface area (Å²) in [7, 11) is 0. The van der Waals surface area contributed by atoms with Gasteiger partial charge < -0.3 is 0 Å². The second-order valence-corrected chi connectivity index (χ2v) is 1.46. The molecule has 0 saturated heterocycles. The van der Waals surface area contributed by atoms with Crippen LogP contribution in [0.2, 0.25) is 0 Å². The minimum Gasteiger partial charge on any atom is -0.276 e. The van der Waals surface area contributed by atoms with E-state index in [4.69, 9.17) is 0 Å². The lowest BCUT2D eigenvalue weighted by Gasteiger charge is -1.93. The van der Waals surface area contributed by atoms with Crippen LogP contribution in [0, 0.1) is 0 Å². The van der Waals surface area contributed by atoms with Crippen molar-refractivity contribution in [3.05, 3.63) is 24.8 Å². The highest BCUT2D eigenvalue weighted by Gasteiger charge is 1.68. The van der Waals surface area contributed by atoms with Gasteiger partial charge in [-0.05, 0) is 6.07 Å². The van der Waals surface area contributed by atoms with Crippen LogP contribution in [-0.2, 0) is 4.79 Å². The van der Waals surface area contributed by atoms with Crippen LogP contribution >= 0.6 is 0 Å². The highest BCUT2D eigenvalue weighted by molar-refractivity contribution is 5.44. The van der Waals surface area contributed by atoms with Gasteiger partial charge >= 0.3 is 0 Å². The van der Waals surface area contributed by atoms with E-state index in [0.717, 1.165) is 0 Å². The number of amides is 1. The number of nitrogens with zero attached hydrogens (tertiary/aromatic N) is 3. The molecule has 0 spiro atoms. The molecule has 60 valence electrons. The summed E-state index contributed by atoms with van der Waals surface area (Å²) in [6.45, 7) is 0. The Kier molecular flexibility index (Phi) is 5.67. The summed E-state index contributed by atoms with van der Waals surface area (Å²) in [5.74, 6) is 9.07. The second kappa shape index (κ2) is 6.59. The molecule has 0 atom stereocenters. The first-order chi connectivity index (χ1) is 5.27.